The van der Waals surface area contributed by atoms with E-state index in [1.807, 2.05) is 25.1 Å². The van der Waals surface area contributed by atoms with E-state index >= 15 is 0 Å². The molecule has 0 aromatic heterocycles. The monoisotopic (exact) mass is 230 g/mol. The lowest BCUT2D eigenvalue weighted by Gasteiger charge is -2.07. The molecular weight excluding hydrogens is 212 g/mol. The van der Waals surface area contributed by atoms with E-state index in [2.05, 4.69) is 17.5 Å². The maximum absolute atomic E-state index is 8.86. The molecule has 3 heteroatoms. The van der Waals surface area contributed by atoms with Crippen LogP contribution in [0.15, 0.2) is 30.4 Å². The zero-order chi connectivity index (χ0) is 12.5. The molecule has 17 heavy (non-hydrogen) atoms. The van der Waals surface area contributed by atoms with Crippen LogP contribution in [-0.2, 0) is 6.54 Å². The zero-order valence-corrected chi connectivity index (χ0v) is 10.4. The fourth-order valence-corrected chi connectivity index (χ4v) is 1.52. The van der Waals surface area contributed by atoms with Gasteiger partial charge < -0.3 is 10.1 Å². The fourth-order valence-electron chi connectivity index (χ4n) is 1.52. The first kappa shape index (κ1) is 13.3. The van der Waals surface area contributed by atoms with Gasteiger partial charge in [0.05, 0.1) is 12.7 Å². The van der Waals surface area contributed by atoms with Crippen molar-refractivity contribution in [1.29, 1.82) is 5.26 Å². The number of ether oxygens (including phenoxy) is 1. The number of hydrogen-bond acceptors (Lipinski definition) is 3. The molecule has 3 nitrogen and oxygen atoms in total. The van der Waals surface area contributed by atoms with Crippen LogP contribution in [0.1, 0.15) is 24.5 Å². The van der Waals surface area contributed by atoms with Crippen LogP contribution in [0.25, 0.3) is 0 Å². The van der Waals surface area contributed by atoms with E-state index < -0.39 is 0 Å². The fraction of sp³-hybridized carbons (Fsp3) is 0.357. The molecule has 0 spiro atoms. The Morgan fingerprint density at radius 1 is 1.47 bits per heavy atom. The zero-order valence-electron chi connectivity index (χ0n) is 10.4. The normalized spacial score (nSPS) is 10.4. The van der Waals surface area contributed by atoms with E-state index in [9.17, 15) is 0 Å². The van der Waals surface area contributed by atoms with Gasteiger partial charge in [-0.1, -0.05) is 18.2 Å². The third-order valence-corrected chi connectivity index (χ3v) is 2.44. The van der Waals surface area contributed by atoms with Gasteiger partial charge in [0.15, 0.2) is 0 Å². The van der Waals surface area contributed by atoms with Crippen molar-refractivity contribution in [2.75, 3.05) is 13.7 Å². The highest BCUT2D eigenvalue weighted by atomic mass is 16.5. The molecule has 0 aliphatic carbocycles. The van der Waals surface area contributed by atoms with Gasteiger partial charge in [0, 0.05) is 6.54 Å². The topological polar surface area (TPSA) is 45.0 Å². The van der Waals surface area contributed by atoms with Gasteiger partial charge in [-0.15, -0.1) is 0 Å². The van der Waals surface area contributed by atoms with Crippen molar-refractivity contribution >= 4 is 0 Å². The summed E-state index contributed by atoms with van der Waals surface area (Å²) in [6.45, 7) is 3.76. The summed E-state index contributed by atoms with van der Waals surface area (Å²) in [4.78, 5) is 0. The Morgan fingerprint density at radius 2 is 2.29 bits per heavy atom. The molecule has 1 aromatic carbocycles. The van der Waals surface area contributed by atoms with E-state index in [1.54, 1.807) is 13.2 Å². The minimum absolute atomic E-state index is 0.574. The minimum atomic E-state index is 0.574. The van der Waals surface area contributed by atoms with E-state index in [-0.39, 0.29) is 0 Å². The van der Waals surface area contributed by atoms with Gasteiger partial charge in [-0.3, -0.25) is 0 Å². The highest BCUT2D eigenvalue weighted by Crippen LogP contribution is 2.18. The Morgan fingerprint density at radius 3 is 2.94 bits per heavy atom. The van der Waals surface area contributed by atoms with Crippen LogP contribution in [0.4, 0.5) is 0 Å². The SMILES string of the molecule is C/C=C/CCNCc1ccc(C#N)c(OC)c1. The van der Waals surface area contributed by atoms with Crippen LogP contribution in [0.5, 0.6) is 5.75 Å². The number of benzene rings is 1. The molecule has 1 N–H and O–H groups in total. The quantitative estimate of drug-likeness (QED) is 0.603. The molecule has 0 fully saturated rings. The van der Waals surface area contributed by atoms with Gasteiger partial charge >= 0.3 is 0 Å². The van der Waals surface area contributed by atoms with Crippen molar-refractivity contribution in [3.8, 4) is 11.8 Å². The average molecular weight is 230 g/mol. The first-order valence-corrected chi connectivity index (χ1v) is 5.70. The van der Waals surface area contributed by atoms with Crippen LogP contribution >= 0.6 is 0 Å². The predicted molar refractivity (Wildman–Crippen MR) is 68.8 cm³/mol. The van der Waals surface area contributed by atoms with Crippen molar-refractivity contribution in [2.45, 2.75) is 19.9 Å². The Labute approximate surface area is 103 Å². The molecule has 0 saturated carbocycles. The highest BCUT2D eigenvalue weighted by molar-refractivity contribution is 5.45. The minimum Gasteiger partial charge on any atom is -0.495 e. The maximum atomic E-state index is 8.86. The molecule has 0 bridgehead atoms. The van der Waals surface area contributed by atoms with Crippen LogP contribution in [-0.4, -0.2) is 13.7 Å². The van der Waals surface area contributed by atoms with Gasteiger partial charge in [0.25, 0.3) is 0 Å². The second-order valence-corrected chi connectivity index (χ2v) is 3.68. The molecule has 90 valence electrons. The summed E-state index contributed by atoms with van der Waals surface area (Å²) in [7, 11) is 1.58. The van der Waals surface area contributed by atoms with E-state index in [4.69, 9.17) is 10.00 Å². The molecule has 1 aromatic rings. The van der Waals surface area contributed by atoms with Crippen molar-refractivity contribution in [3.05, 3.63) is 41.5 Å². The number of hydrogen-bond donors (Lipinski definition) is 1. The Balaban J connectivity index is 2.52. The summed E-state index contributed by atoms with van der Waals surface area (Å²) in [5.74, 6) is 0.639. The molecule has 1 rings (SSSR count). The molecular formula is C14H18N2O. The number of rotatable bonds is 6. The average Bonchev–Trinajstić information content (AvgIpc) is 2.38. The lowest BCUT2D eigenvalue weighted by molar-refractivity contribution is 0.412. The number of nitriles is 1. The van der Waals surface area contributed by atoms with Gasteiger partial charge in [-0.05, 0) is 37.6 Å². The molecule has 0 saturated heterocycles. The van der Waals surface area contributed by atoms with Gasteiger partial charge in [0.2, 0.25) is 0 Å². The highest BCUT2D eigenvalue weighted by Gasteiger charge is 2.02. The summed E-state index contributed by atoms with van der Waals surface area (Å²) in [6, 6.07) is 7.75. The van der Waals surface area contributed by atoms with Crippen LogP contribution in [0.2, 0.25) is 0 Å². The first-order chi connectivity index (χ1) is 8.31. The predicted octanol–water partition coefficient (Wildman–Crippen LogP) is 2.62. The second-order valence-electron chi connectivity index (χ2n) is 3.68. The van der Waals surface area contributed by atoms with E-state index in [0.717, 1.165) is 25.1 Å². The number of nitrogens with one attached hydrogen (secondary N) is 1. The van der Waals surface area contributed by atoms with E-state index in [1.165, 1.54) is 0 Å². The number of allylic oxidation sites excluding steroid dienone is 1. The van der Waals surface area contributed by atoms with E-state index in [0.29, 0.717) is 11.3 Å². The van der Waals surface area contributed by atoms with Crippen molar-refractivity contribution in [1.82, 2.24) is 5.32 Å². The molecule has 0 atom stereocenters. The molecule has 0 amide bonds. The Kier molecular flexibility index (Phi) is 5.84. The lowest BCUT2D eigenvalue weighted by atomic mass is 10.1. The summed E-state index contributed by atoms with van der Waals surface area (Å²) < 4.78 is 5.16. The van der Waals surface area contributed by atoms with Gasteiger partial charge in [0.1, 0.15) is 11.8 Å². The molecule has 0 unspecified atom stereocenters. The third-order valence-electron chi connectivity index (χ3n) is 2.44. The van der Waals surface area contributed by atoms with Crippen molar-refractivity contribution in [2.24, 2.45) is 0 Å². The third kappa shape index (κ3) is 4.29. The largest absolute Gasteiger partial charge is 0.495 e. The summed E-state index contributed by atoms with van der Waals surface area (Å²) in [6.07, 6.45) is 5.21. The van der Waals surface area contributed by atoms with Crippen molar-refractivity contribution < 1.29 is 4.74 Å². The smallest absolute Gasteiger partial charge is 0.136 e. The Bertz CT molecular complexity index is 419. The standard InChI is InChI=1S/C14H18N2O/c1-3-4-5-8-16-11-12-6-7-13(10-15)14(9-12)17-2/h3-4,6-7,9,16H,5,8,11H2,1-2H3/b4-3+. The molecule has 0 aliphatic heterocycles. The molecule has 0 heterocycles. The molecule has 0 radical (unpaired) electrons. The summed E-state index contributed by atoms with van der Waals surface area (Å²) in [5, 5.41) is 12.2. The van der Waals surface area contributed by atoms with Crippen LogP contribution < -0.4 is 10.1 Å². The van der Waals surface area contributed by atoms with Gasteiger partial charge in [-0.2, -0.15) is 5.26 Å². The van der Waals surface area contributed by atoms with Crippen LogP contribution in [0, 0.1) is 11.3 Å². The first-order valence-electron chi connectivity index (χ1n) is 5.70. The second kappa shape index (κ2) is 7.48. The van der Waals surface area contributed by atoms with Crippen LogP contribution in [0.3, 0.4) is 0 Å². The summed E-state index contributed by atoms with van der Waals surface area (Å²) >= 11 is 0. The Hall–Kier alpha value is -1.79. The van der Waals surface area contributed by atoms with Crippen molar-refractivity contribution in [3.63, 3.8) is 0 Å². The maximum Gasteiger partial charge on any atom is 0.136 e. The number of methoxy groups -OCH3 is 1. The van der Waals surface area contributed by atoms with Gasteiger partial charge in [-0.25, -0.2) is 0 Å². The lowest BCUT2D eigenvalue weighted by Crippen LogP contribution is -2.14. The molecule has 0 aliphatic rings. The number of nitrogens with zero attached hydrogens (tertiary/aromatic N) is 1. The summed E-state index contributed by atoms with van der Waals surface area (Å²) in [5.41, 5.74) is 1.70.